The fourth-order valence-electron chi connectivity index (χ4n) is 2.39. The summed E-state index contributed by atoms with van der Waals surface area (Å²) in [6.45, 7) is 13.2. The topological polar surface area (TPSA) is 29.5 Å². The maximum atomic E-state index is 8.63. The number of rotatable bonds is 15. The number of aliphatic hydroxyl groups is 1. The van der Waals surface area contributed by atoms with Crippen LogP contribution in [0.4, 0.5) is 0 Å². The molecule has 1 unspecified atom stereocenters. The summed E-state index contributed by atoms with van der Waals surface area (Å²) in [5, 5.41) is 8.63. The SMILES string of the molecule is CC(C)=CCCC(C)CCO.CCCCCCOCCCCCC. The lowest BCUT2D eigenvalue weighted by Gasteiger charge is -2.06. The summed E-state index contributed by atoms with van der Waals surface area (Å²) < 4.78 is 5.53. The highest BCUT2D eigenvalue weighted by molar-refractivity contribution is 4.92. The van der Waals surface area contributed by atoms with Gasteiger partial charge in [-0.25, -0.2) is 0 Å². The van der Waals surface area contributed by atoms with Crippen LogP contribution in [-0.2, 0) is 4.74 Å². The summed E-state index contributed by atoms with van der Waals surface area (Å²) in [5.41, 5.74) is 1.39. The molecule has 2 nitrogen and oxygen atoms in total. The Morgan fingerprint density at radius 1 is 0.875 bits per heavy atom. The van der Waals surface area contributed by atoms with Gasteiger partial charge in [0, 0.05) is 19.8 Å². The maximum absolute atomic E-state index is 8.63. The van der Waals surface area contributed by atoms with E-state index >= 15 is 0 Å². The van der Waals surface area contributed by atoms with Crippen molar-refractivity contribution in [1.29, 1.82) is 0 Å². The van der Waals surface area contributed by atoms with Crippen LogP contribution < -0.4 is 0 Å². The molecule has 0 aliphatic rings. The van der Waals surface area contributed by atoms with E-state index in [4.69, 9.17) is 9.84 Å². The average Bonchev–Trinajstić information content (AvgIpc) is 2.54. The van der Waals surface area contributed by atoms with E-state index in [1.807, 2.05) is 0 Å². The van der Waals surface area contributed by atoms with Gasteiger partial charge in [0.2, 0.25) is 0 Å². The highest BCUT2D eigenvalue weighted by Gasteiger charge is 1.98. The van der Waals surface area contributed by atoms with Crippen molar-refractivity contribution in [3.8, 4) is 0 Å². The van der Waals surface area contributed by atoms with E-state index in [2.05, 4.69) is 40.7 Å². The second kappa shape index (κ2) is 22.7. The Balaban J connectivity index is 0. The molecular formula is C22H46O2. The molecule has 0 fully saturated rings. The van der Waals surface area contributed by atoms with Gasteiger partial charge in [0.15, 0.2) is 0 Å². The van der Waals surface area contributed by atoms with Gasteiger partial charge >= 0.3 is 0 Å². The first-order valence-corrected chi connectivity index (χ1v) is 10.4. The van der Waals surface area contributed by atoms with Crippen molar-refractivity contribution in [2.24, 2.45) is 5.92 Å². The summed E-state index contributed by atoms with van der Waals surface area (Å²) in [5.74, 6) is 0.663. The Bertz CT molecular complexity index is 234. The van der Waals surface area contributed by atoms with Crippen LogP contribution in [0.25, 0.3) is 0 Å². The van der Waals surface area contributed by atoms with Crippen LogP contribution in [-0.4, -0.2) is 24.9 Å². The van der Waals surface area contributed by atoms with Gasteiger partial charge in [-0.1, -0.05) is 70.9 Å². The number of aliphatic hydroxyl groups excluding tert-OH is 1. The number of allylic oxidation sites excluding steroid dienone is 2. The number of hydrogen-bond donors (Lipinski definition) is 1. The molecule has 0 heterocycles. The standard InChI is InChI=1S/C12H26O.C10H20O/c1-3-5-7-9-11-13-12-10-8-6-4-2;1-9(2)5-4-6-10(3)7-8-11/h3-12H2,1-2H3;5,10-11H,4,6-8H2,1-3H3. The van der Waals surface area contributed by atoms with Crippen LogP contribution in [0.2, 0.25) is 0 Å². The van der Waals surface area contributed by atoms with E-state index in [0.717, 1.165) is 26.1 Å². The van der Waals surface area contributed by atoms with E-state index in [-0.39, 0.29) is 0 Å². The summed E-state index contributed by atoms with van der Waals surface area (Å²) in [7, 11) is 0. The fraction of sp³-hybridized carbons (Fsp3) is 0.909. The van der Waals surface area contributed by atoms with E-state index < -0.39 is 0 Å². The molecule has 0 saturated carbocycles. The Morgan fingerprint density at radius 3 is 1.83 bits per heavy atom. The molecule has 0 aliphatic carbocycles. The summed E-state index contributed by atoms with van der Waals surface area (Å²) in [6, 6.07) is 0. The molecule has 0 aromatic carbocycles. The lowest BCUT2D eigenvalue weighted by atomic mass is 10.0. The van der Waals surface area contributed by atoms with Gasteiger partial charge in [-0.15, -0.1) is 0 Å². The second-order valence-corrected chi connectivity index (χ2v) is 7.21. The van der Waals surface area contributed by atoms with Crippen LogP contribution in [0.15, 0.2) is 11.6 Å². The number of unbranched alkanes of at least 4 members (excludes halogenated alkanes) is 6. The monoisotopic (exact) mass is 342 g/mol. The molecule has 2 heteroatoms. The van der Waals surface area contributed by atoms with Crippen molar-refractivity contribution in [1.82, 2.24) is 0 Å². The van der Waals surface area contributed by atoms with Crippen LogP contribution in [0.1, 0.15) is 105 Å². The third-order valence-corrected chi connectivity index (χ3v) is 4.12. The first-order valence-electron chi connectivity index (χ1n) is 10.4. The van der Waals surface area contributed by atoms with E-state index in [1.165, 1.54) is 63.4 Å². The average molecular weight is 343 g/mol. The lowest BCUT2D eigenvalue weighted by molar-refractivity contribution is 0.126. The molecule has 0 radical (unpaired) electrons. The fourth-order valence-corrected chi connectivity index (χ4v) is 2.39. The maximum Gasteiger partial charge on any atom is 0.0466 e. The summed E-state index contributed by atoms with van der Waals surface area (Å²) in [6.07, 6.45) is 16.1. The number of ether oxygens (including phenoxy) is 1. The molecule has 1 atom stereocenters. The highest BCUT2D eigenvalue weighted by atomic mass is 16.5. The zero-order valence-electron chi connectivity index (χ0n) is 17.4. The summed E-state index contributed by atoms with van der Waals surface area (Å²) in [4.78, 5) is 0. The third-order valence-electron chi connectivity index (χ3n) is 4.12. The smallest absolute Gasteiger partial charge is 0.0466 e. The van der Waals surface area contributed by atoms with Crippen molar-refractivity contribution in [3.63, 3.8) is 0 Å². The molecule has 1 N–H and O–H groups in total. The van der Waals surface area contributed by atoms with Crippen LogP contribution in [0.5, 0.6) is 0 Å². The first-order chi connectivity index (χ1) is 11.6. The van der Waals surface area contributed by atoms with E-state index in [1.54, 1.807) is 0 Å². The Labute approximate surface area is 153 Å². The van der Waals surface area contributed by atoms with Crippen molar-refractivity contribution >= 4 is 0 Å². The molecule has 24 heavy (non-hydrogen) atoms. The molecule has 146 valence electrons. The van der Waals surface area contributed by atoms with Crippen LogP contribution >= 0.6 is 0 Å². The second-order valence-electron chi connectivity index (χ2n) is 7.21. The minimum absolute atomic E-state index is 0.329. The van der Waals surface area contributed by atoms with Gasteiger partial charge in [-0.2, -0.15) is 0 Å². The third kappa shape index (κ3) is 26.6. The van der Waals surface area contributed by atoms with Gasteiger partial charge in [-0.05, 0) is 51.9 Å². The minimum Gasteiger partial charge on any atom is -0.396 e. The van der Waals surface area contributed by atoms with Crippen molar-refractivity contribution in [2.45, 2.75) is 105 Å². The molecule has 0 aromatic rings. The number of hydrogen-bond acceptors (Lipinski definition) is 2. The molecule has 0 spiro atoms. The van der Waals surface area contributed by atoms with E-state index in [9.17, 15) is 0 Å². The first kappa shape index (κ1) is 25.9. The van der Waals surface area contributed by atoms with E-state index in [0.29, 0.717) is 12.5 Å². The van der Waals surface area contributed by atoms with Crippen molar-refractivity contribution < 1.29 is 9.84 Å². The van der Waals surface area contributed by atoms with Gasteiger partial charge < -0.3 is 9.84 Å². The van der Waals surface area contributed by atoms with Gasteiger partial charge in [-0.3, -0.25) is 0 Å². The Morgan fingerprint density at radius 2 is 1.42 bits per heavy atom. The predicted molar refractivity (Wildman–Crippen MR) is 109 cm³/mol. The Kier molecular flexibility index (Phi) is 24.4. The molecule has 0 rings (SSSR count). The largest absolute Gasteiger partial charge is 0.396 e. The predicted octanol–water partition coefficient (Wildman–Crippen LogP) is 6.91. The molecule has 0 amide bonds. The summed E-state index contributed by atoms with van der Waals surface area (Å²) >= 11 is 0. The van der Waals surface area contributed by atoms with Crippen LogP contribution in [0, 0.1) is 5.92 Å². The molecule has 0 saturated heterocycles. The zero-order valence-corrected chi connectivity index (χ0v) is 17.4. The Hall–Kier alpha value is -0.340. The van der Waals surface area contributed by atoms with Crippen molar-refractivity contribution in [3.05, 3.63) is 11.6 Å². The minimum atomic E-state index is 0.329. The van der Waals surface area contributed by atoms with Crippen LogP contribution in [0.3, 0.4) is 0 Å². The molecule has 0 bridgehead atoms. The quantitative estimate of drug-likeness (QED) is 0.259. The molecular weight excluding hydrogens is 296 g/mol. The normalized spacial score (nSPS) is 11.6. The van der Waals surface area contributed by atoms with Gasteiger partial charge in [0.25, 0.3) is 0 Å². The molecule has 0 aromatic heterocycles. The molecule has 0 aliphatic heterocycles. The van der Waals surface area contributed by atoms with Gasteiger partial charge in [0.05, 0.1) is 0 Å². The zero-order chi connectivity index (χ0) is 18.5. The van der Waals surface area contributed by atoms with Crippen molar-refractivity contribution in [2.75, 3.05) is 19.8 Å². The highest BCUT2D eigenvalue weighted by Crippen LogP contribution is 2.10. The lowest BCUT2D eigenvalue weighted by Crippen LogP contribution is -1.96. The van der Waals surface area contributed by atoms with Gasteiger partial charge in [0.1, 0.15) is 0 Å².